The van der Waals surface area contributed by atoms with E-state index in [9.17, 15) is 4.79 Å². The number of nitrogens with one attached hydrogen (secondary N) is 1. The van der Waals surface area contributed by atoms with Gasteiger partial charge in [0.05, 0.1) is 12.1 Å². The highest BCUT2D eigenvalue weighted by Crippen LogP contribution is 2.16. The zero-order valence-corrected chi connectivity index (χ0v) is 12.3. The molecule has 0 aromatic carbocycles. The van der Waals surface area contributed by atoms with Crippen LogP contribution in [0.5, 0.6) is 0 Å². The summed E-state index contributed by atoms with van der Waals surface area (Å²) in [7, 11) is 0. The molecule has 0 atom stereocenters. The molecule has 0 spiro atoms. The molecular weight excluding hydrogens is 312 g/mol. The van der Waals surface area contributed by atoms with Crippen LogP contribution in [0.15, 0.2) is 35.1 Å². The van der Waals surface area contributed by atoms with Crippen LogP contribution in [-0.2, 0) is 13.0 Å². The molecule has 0 fully saturated rings. The van der Waals surface area contributed by atoms with E-state index < -0.39 is 0 Å². The van der Waals surface area contributed by atoms with E-state index in [1.54, 1.807) is 29.8 Å². The molecule has 1 amide bonds. The van der Waals surface area contributed by atoms with Gasteiger partial charge in [0.2, 0.25) is 0 Å². The molecular formula is C13H13BrN2OS. The summed E-state index contributed by atoms with van der Waals surface area (Å²) in [5.41, 5.74) is 0.566. The van der Waals surface area contributed by atoms with Crippen LogP contribution < -0.4 is 5.32 Å². The summed E-state index contributed by atoms with van der Waals surface area (Å²) >= 11 is 5.03. The Morgan fingerprint density at radius 1 is 1.39 bits per heavy atom. The molecule has 2 aromatic rings. The van der Waals surface area contributed by atoms with Gasteiger partial charge in [0, 0.05) is 26.6 Å². The summed E-state index contributed by atoms with van der Waals surface area (Å²) in [6.45, 7) is 2.69. The second-order valence-electron chi connectivity index (χ2n) is 3.80. The molecule has 94 valence electrons. The lowest BCUT2D eigenvalue weighted by molar-refractivity contribution is 0.0951. The van der Waals surface area contributed by atoms with E-state index in [1.807, 2.05) is 0 Å². The number of thiophene rings is 1. The highest BCUT2D eigenvalue weighted by molar-refractivity contribution is 9.10. The molecule has 0 aliphatic rings. The van der Waals surface area contributed by atoms with Crippen molar-refractivity contribution in [1.82, 2.24) is 10.3 Å². The summed E-state index contributed by atoms with van der Waals surface area (Å²) in [6, 6.07) is 5.92. The van der Waals surface area contributed by atoms with Gasteiger partial charge in [0.1, 0.15) is 0 Å². The van der Waals surface area contributed by atoms with Gasteiger partial charge in [0.15, 0.2) is 0 Å². The van der Waals surface area contributed by atoms with Gasteiger partial charge < -0.3 is 5.32 Å². The standard InChI is InChI=1S/C13H13BrN2OS/c1-2-11-3-4-12(18-11)8-16-13(17)9-5-10(14)7-15-6-9/h3-7H,2,8H2,1H3,(H,16,17). The maximum Gasteiger partial charge on any atom is 0.253 e. The first-order valence-electron chi connectivity index (χ1n) is 5.65. The predicted molar refractivity (Wildman–Crippen MR) is 76.8 cm³/mol. The number of aromatic nitrogens is 1. The molecule has 18 heavy (non-hydrogen) atoms. The number of amides is 1. The van der Waals surface area contributed by atoms with Crippen molar-refractivity contribution in [3.05, 3.63) is 50.4 Å². The quantitative estimate of drug-likeness (QED) is 0.936. The van der Waals surface area contributed by atoms with Crippen molar-refractivity contribution in [3.63, 3.8) is 0 Å². The molecule has 0 unspecified atom stereocenters. The molecule has 2 aromatic heterocycles. The fourth-order valence-corrected chi connectivity index (χ4v) is 2.78. The third-order valence-corrected chi connectivity index (χ3v) is 4.12. The van der Waals surface area contributed by atoms with Gasteiger partial charge in [0.25, 0.3) is 5.91 Å². The number of carbonyl (C=O) groups is 1. The number of rotatable bonds is 4. The number of aryl methyl sites for hydroxylation is 1. The monoisotopic (exact) mass is 324 g/mol. The number of carbonyl (C=O) groups excluding carboxylic acids is 1. The van der Waals surface area contributed by atoms with Crippen LogP contribution in [0.2, 0.25) is 0 Å². The largest absolute Gasteiger partial charge is 0.347 e. The van der Waals surface area contributed by atoms with Crippen molar-refractivity contribution in [2.45, 2.75) is 19.9 Å². The minimum absolute atomic E-state index is 0.102. The van der Waals surface area contributed by atoms with E-state index in [1.165, 1.54) is 9.75 Å². The lowest BCUT2D eigenvalue weighted by Gasteiger charge is -2.03. The van der Waals surface area contributed by atoms with E-state index in [2.05, 4.69) is 45.3 Å². The number of hydrogen-bond acceptors (Lipinski definition) is 3. The second-order valence-corrected chi connectivity index (χ2v) is 5.96. The number of nitrogens with zero attached hydrogens (tertiary/aromatic N) is 1. The van der Waals surface area contributed by atoms with Crippen molar-refractivity contribution < 1.29 is 4.79 Å². The first-order chi connectivity index (χ1) is 8.69. The van der Waals surface area contributed by atoms with Crippen LogP contribution >= 0.6 is 27.3 Å². The maximum absolute atomic E-state index is 11.9. The summed E-state index contributed by atoms with van der Waals surface area (Å²) in [6.07, 6.45) is 4.25. The fraction of sp³-hybridized carbons (Fsp3) is 0.231. The van der Waals surface area contributed by atoms with Crippen molar-refractivity contribution >= 4 is 33.2 Å². The van der Waals surface area contributed by atoms with Gasteiger partial charge in [-0.25, -0.2) is 0 Å². The highest BCUT2D eigenvalue weighted by Gasteiger charge is 2.07. The lowest BCUT2D eigenvalue weighted by Crippen LogP contribution is -2.22. The zero-order valence-electron chi connectivity index (χ0n) is 9.94. The Kier molecular flexibility index (Phi) is 4.49. The van der Waals surface area contributed by atoms with Crippen LogP contribution in [0.3, 0.4) is 0 Å². The minimum Gasteiger partial charge on any atom is -0.347 e. The average molecular weight is 325 g/mol. The molecule has 0 aliphatic carbocycles. The Morgan fingerprint density at radius 3 is 2.83 bits per heavy atom. The summed E-state index contributed by atoms with van der Waals surface area (Å²) in [5, 5.41) is 2.89. The number of halogens is 1. The van der Waals surface area contributed by atoms with Gasteiger partial charge >= 0.3 is 0 Å². The van der Waals surface area contributed by atoms with Gasteiger partial charge in [-0.05, 0) is 40.5 Å². The molecule has 2 rings (SSSR count). The van der Waals surface area contributed by atoms with Gasteiger partial charge in [-0.3, -0.25) is 9.78 Å². The van der Waals surface area contributed by atoms with E-state index in [4.69, 9.17) is 0 Å². The third kappa shape index (κ3) is 3.40. The Hall–Kier alpha value is -1.20. The zero-order chi connectivity index (χ0) is 13.0. The van der Waals surface area contributed by atoms with Gasteiger partial charge in [-0.1, -0.05) is 6.92 Å². The predicted octanol–water partition coefficient (Wildman–Crippen LogP) is 3.40. The Bertz CT molecular complexity index is 553. The first kappa shape index (κ1) is 13.2. The summed E-state index contributed by atoms with van der Waals surface area (Å²) in [5.74, 6) is -0.102. The van der Waals surface area contributed by atoms with Crippen molar-refractivity contribution in [1.29, 1.82) is 0 Å². The fourth-order valence-electron chi connectivity index (χ4n) is 1.51. The van der Waals surface area contributed by atoms with Crippen LogP contribution in [0.25, 0.3) is 0 Å². The molecule has 0 saturated carbocycles. The van der Waals surface area contributed by atoms with Crippen molar-refractivity contribution in [2.75, 3.05) is 0 Å². The molecule has 1 N–H and O–H groups in total. The average Bonchev–Trinajstić information content (AvgIpc) is 2.84. The van der Waals surface area contributed by atoms with Crippen LogP contribution in [0.4, 0.5) is 0 Å². The Labute approximate surface area is 118 Å². The Morgan fingerprint density at radius 2 is 2.17 bits per heavy atom. The molecule has 0 aliphatic heterocycles. The highest BCUT2D eigenvalue weighted by atomic mass is 79.9. The summed E-state index contributed by atoms with van der Waals surface area (Å²) in [4.78, 5) is 18.4. The number of pyridine rings is 1. The van der Waals surface area contributed by atoms with Gasteiger partial charge in [-0.2, -0.15) is 0 Å². The normalized spacial score (nSPS) is 10.3. The van der Waals surface area contributed by atoms with Crippen molar-refractivity contribution in [3.8, 4) is 0 Å². The molecule has 5 heteroatoms. The van der Waals surface area contributed by atoms with E-state index in [0.717, 1.165) is 10.9 Å². The van der Waals surface area contributed by atoms with E-state index in [-0.39, 0.29) is 5.91 Å². The Balaban J connectivity index is 1.96. The van der Waals surface area contributed by atoms with Crippen molar-refractivity contribution in [2.24, 2.45) is 0 Å². The molecule has 2 heterocycles. The minimum atomic E-state index is -0.102. The summed E-state index contributed by atoms with van der Waals surface area (Å²) < 4.78 is 0.805. The number of hydrogen-bond donors (Lipinski definition) is 1. The SMILES string of the molecule is CCc1ccc(CNC(=O)c2cncc(Br)c2)s1. The topological polar surface area (TPSA) is 42.0 Å². The molecule has 0 saturated heterocycles. The van der Waals surface area contributed by atoms with E-state index >= 15 is 0 Å². The second kappa shape index (κ2) is 6.11. The maximum atomic E-state index is 11.9. The smallest absolute Gasteiger partial charge is 0.253 e. The van der Waals surface area contributed by atoms with Gasteiger partial charge in [-0.15, -0.1) is 11.3 Å². The first-order valence-corrected chi connectivity index (χ1v) is 7.26. The molecule has 3 nitrogen and oxygen atoms in total. The van der Waals surface area contributed by atoms with Crippen LogP contribution in [0.1, 0.15) is 27.0 Å². The molecule has 0 bridgehead atoms. The van der Waals surface area contributed by atoms with Crippen LogP contribution in [-0.4, -0.2) is 10.9 Å². The molecule has 0 radical (unpaired) electrons. The van der Waals surface area contributed by atoms with Crippen LogP contribution in [0, 0.1) is 0 Å². The van der Waals surface area contributed by atoms with E-state index in [0.29, 0.717) is 12.1 Å². The lowest BCUT2D eigenvalue weighted by atomic mass is 10.2. The third-order valence-electron chi connectivity index (χ3n) is 2.46.